The number of amides is 1. The molecule has 2 aliphatic rings. The van der Waals surface area contributed by atoms with E-state index in [1.54, 1.807) is 24.0 Å². The Hall–Kier alpha value is -3.15. The molecule has 2 aliphatic heterocycles. The van der Waals surface area contributed by atoms with Gasteiger partial charge >= 0.3 is 0 Å². The first-order valence-electron chi connectivity index (χ1n) is 12.2. The SMILES string of the molecule is Cc1nc(C2(Cc3ccc(F)c(NC4CC(C)NN4)n3)CCN(C(=O)c3cccc(Cl)c3F)CC2)no1. The summed E-state index contributed by atoms with van der Waals surface area (Å²) >= 11 is 5.88. The molecule has 37 heavy (non-hydrogen) atoms. The van der Waals surface area contributed by atoms with Crippen molar-refractivity contribution in [3.63, 3.8) is 0 Å². The van der Waals surface area contributed by atoms with Crippen LogP contribution in [0.3, 0.4) is 0 Å². The summed E-state index contributed by atoms with van der Waals surface area (Å²) in [5.74, 6) is -0.486. The van der Waals surface area contributed by atoms with E-state index in [2.05, 4.69) is 31.3 Å². The predicted octanol–water partition coefficient (Wildman–Crippen LogP) is 3.75. The van der Waals surface area contributed by atoms with E-state index in [4.69, 9.17) is 16.1 Å². The highest BCUT2D eigenvalue weighted by Gasteiger charge is 2.42. The molecule has 4 heterocycles. The molecule has 2 saturated heterocycles. The Labute approximate surface area is 217 Å². The predicted molar refractivity (Wildman–Crippen MR) is 133 cm³/mol. The summed E-state index contributed by atoms with van der Waals surface area (Å²) in [5, 5.41) is 7.21. The van der Waals surface area contributed by atoms with Gasteiger partial charge in [-0.1, -0.05) is 22.8 Å². The van der Waals surface area contributed by atoms with Gasteiger partial charge in [0.2, 0.25) is 5.89 Å². The first-order chi connectivity index (χ1) is 17.7. The van der Waals surface area contributed by atoms with Gasteiger partial charge in [0, 0.05) is 43.6 Å². The fraction of sp³-hybridized carbons (Fsp3) is 0.440. The summed E-state index contributed by atoms with van der Waals surface area (Å²) in [6.07, 6.45) is 2.03. The van der Waals surface area contributed by atoms with Crippen molar-refractivity contribution in [3.05, 3.63) is 70.0 Å². The van der Waals surface area contributed by atoms with Gasteiger partial charge in [0.25, 0.3) is 5.91 Å². The molecule has 5 rings (SSSR count). The molecule has 196 valence electrons. The zero-order valence-corrected chi connectivity index (χ0v) is 21.3. The smallest absolute Gasteiger partial charge is 0.256 e. The Morgan fingerprint density at radius 1 is 1.22 bits per heavy atom. The van der Waals surface area contributed by atoms with Gasteiger partial charge in [0.1, 0.15) is 0 Å². The molecular weight excluding hydrogens is 504 g/mol. The number of hydrazine groups is 1. The largest absolute Gasteiger partial charge is 0.351 e. The Bertz CT molecular complexity index is 1300. The summed E-state index contributed by atoms with van der Waals surface area (Å²) in [5.41, 5.74) is 6.19. The molecule has 9 nitrogen and oxygen atoms in total. The minimum Gasteiger partial charge on any atom is -0.351 e. The van der Waals surface area contributed by atoms with E-state index in [-0.39, 0.29) is 28.6 Å². The van der Waals surface area contributed by atoms with E-state index in [1.165, 1.54) is 18.2 Å². The van der Waals surface area contributed by atoms with Crippen LogP contribution < -0.4 is 16.2 Å². The third-order valence-electron chi connectivity index (χ3n) is 7.02. The summed E-state index contributed by atoms with van der Waals surface area (Å²) in [7, 11) is 0. The molecule has 3 aromatic rings. The Morgan fingerprint density at radius 2 is 2.00 bits per heavy atom. The minimum absolute atomic E-state index is 0.0596. The summed E-state index contributed by atoms with van der Waals surface area (Å²) < 4.78 is 34.4. The number of aryl methyl sites for hydroxylation is 1. The number of piperidine rings is 1. The van der Waals surface area contributed by atoms with Crippen molar-refractivity contribution in [2.45, 2.75) is 57.2 Å². The average molecular weight is 532 g/mol. The molecule has 0 saturated carbocycles. The van der Waals surface area contributed by atoms with Crippen molar-refractivity contribution in [3.8, 4) is 0 Å². The van der Waals surface area contributed by atoms with Crippen LogP contribution in [0.25, 0.3) is 0 Å². The number of halogens is 3. The van der Waals surface area contributed by atoms with Crippen LogP contribution >= 0.6 is 11.6 Å². The minimum atomic E-state index is -0.725. The lowest BCUT2D eigenvalue weighted by molar-refractivity contribution is 0.0652. The van der Waals surface area contributed by atoms with Crippen molar-refractivity contribution in [1.82, 2.24) is 30.9 Å². The highest BCUT2D eigenvalue weighted by molar-refractivity contribution is 6.31. The molecule has 2 aromatic heterocycles. The van der Waals surface area contributed by atoms with Gasteiger partial charge in [-0.15, -0.1) is 0 Å². The lowest BCUT2D eigenvalue weighted by Crippen LogP contribution is -2.47. The zero-order chi connectivity index (χ0) is 26.2. The van der Waals surface area contributed by atoms with Gasteiger partial charge in [-0.25, -0.2) is 19.2 Å². The maximum absolute atomic E-state index is 14.6. The lowest BCUT2D eigenvalue weighted by Gasteiger charge is -2.40. The molecule has 0 spiro atoms. The van der Waals surface area contributed by atoms with Gasteiger partial charge in [-0.2, -0.15) is 4.98 Å². The van der Waals surface area contributed by atoms with E-state index in [0.717, 1.165) is 6.42 Å². The van der Waals surface area contributed by atoms with Crippen molar-refractivity contribution < 1.29 is 18.1 Å². The first-order valence-corrected chi connectivity index (χ1v) is 12.6. The van der Waals surface area contributed by atoms with Crippen LogP contribution in [0.15, 0.2) is 34.9 Å². The van der Waals surface area contributed by atoms with Gasteiger partial charge in [-0.05, 0) is 50.5 Å². The van der Waals surface area contributed by atoms with Gasteiger partial charge < -0.3 is 14.7 Å². The number of carbonyl (C=O) groups is 1. The normalized spacial score (nSPS) is 21.3. The molecule has 2 atom stereocenters. The van der Waals surface area contributed by atoms with Crippen molar-refractivity contribution >= 4 is 23.3 Å². The van der Waals surface area contributed by atoms with Gasteiger partial charge in [0.15, 0.2) is 23.3 Å². The zero-order valence-electron chi connectivity index (χ0n) is 20.5. The monoisotopic (exact) mass is 531 g/mol. The molecule has 12 heteroatoms. The van der Waals surface area contributed by atoms with E-state index >= 15 is 0 Å². The second-order valence-corrected chi connectivity index (χ2v) is 10.2. The first kappa shape index (κ1) is 25.5. The van der Waals surface area contributed by atoms with Crippen molar-refractivity contribution in [2.24, 2.45) is 0 Å². The second-order valence-electron chi connectivity index (χ2n) is 9.74. The Balaban J connectivity index is 1.37. The van der Waals surface area contributed by atoms with Gasteiger partial charge in [-0.3, -0.25) is 10.2 Å². The number of likely N-dealkylation sites (tertiary alicyclic amines) is 1. The molecule has 2 unspecified atom stereocenters. The number of hydrogen-bond acceptors (Lipinski definition) is 8. The summed E-state index contributed by atoms with van der Waals surface area (Å²) in [6.45, 7) is 4.44. The fourth-order valence-electron chi connectivity index (χ4n) is 4.97. The Kier molecular flexibility index (Phi) is 7.11. The van der Waals surface area contributed by atoms with Crippen LogP contribution in [0.1, 0.15) is 54.0 Å². The van der Waals surface area contributed by atoms with E-state index in [9.17, 15) is 13.6 Å². The summed E-state index contributed by atoms with van der Waals surface area (Å²) in [4.78, 5) is 23.7. The fourth-order valence-corrected chi connectivity index (χ4v) is 5.15. The van der Waals surface area contributed by atoms with E-state index < -0.39 is 23.0 Å². The lowest BCUT2D eigenvalue weighted by atomic mass is 9.74. The van der Waals surface area contributed by atoms with Crippen LogP contribution in [0.5, 0.6) is 0 Å². The summed E-state index contributed by atoms with van der Waals surface area (Å²) in [6, 6.07) is 7.69. The van der Waals surface area contributed by atoms with Crippen LogP contribution in [-0.2, 0) is 11.8 Å². The highest BCUT2D eigenvalue weighted by Crippen LogP contribution is 2.38. The second kappa shape index (κ2) is 10.3. The molecule has 1 amide bonds. The highest BCUT2D eigenvalue weighted by atomic mass is 35.5. The van der Waals surface area contributed by atoms with Gasteiger partial charge in [0.05, 0.1) is 16.8 Å². The molecule has 0 bridgehead atoms. The number of nitrogens with zero attached hydrogens (tertiary/aromatic N) is 4. The van der Waals surface area contributed by atoms with E-state index in [0.29, 0.717) is 49.8 Å². The number of anilines is 1. The molecule has 1 aromatic carbocycles. The number of aromatic nitrogens is 3. The quantitative estimate of drug-likeness (QED) is 0.441. The number of rotatable bonds is 6. The standard InChI is InChI=1S/C25H28ClF2N7O2/c1-14-12-20(33-32-14)31-22-19(27)7-6-16(30-22)13-25(24-29-15(2)37-34-24)8-10-35(11-9-25)23(36)17-4-3-5-18(26)21(17)28/h3-7,14,20,32-33H,8-13H2,1-2H3,(H,30,31). The van der Waals surface area contributed by atoms with E-state index in [1.807, 2.05) is 6.92 Å². The third kappa shape index (κ3) is 5.29. The molecule has 2 fully saturated rings. The topological polar surface area (TPSA) is 108 Å². The van der Waals surface area contributed by atoms with Crippen LogP contribution in [0.2, 0.25) is 5.02 Å². The maximum Gasteiger partial charge on any atom is 0.256 e. The molecule has 0 radical (unpaired) electrons. The Morgan fingerprint density at radius 3 is 2.68 bits per heavy atom. The van der Waals surface area contributed by atoms with Crippen LogP contribution in [0.4, 0.5) is 14.6 Å². The van der Waals surface area contributed by atoms with Crippen LogP contribution in [-0.4, -0.2) is 51.2 Å². The number of benzene rings is 1. The third-order valence-corrected chi connectivity index (χ3v) is 7.31. The van der Waals surface area contributed by atoms with Crippen molar-refractivity contribution in [1.29, 1.82) is 0 Å². The number of pyridine rings is 1. The van der Waals surface area contributed by atoms with Crippen molar-refractivity contribution in [2.75, 3.05) is 18.4 Å². The van der Waals surface area contributed by atoms with Crippen LogP contribution in [0, 0.1) is 18.6 Å². The maximum atomic E-state index is 14.6. The average Bonchev–Trinajstić information content (AvgIpc) is 3.51. The molecule has 0 aliphatic carbocycles. The number of hydrogen-bond donors (Lipinski definition) is 3. The number of nitrogens with one attached hydrogen (secondary N) is 3. The number of carbonyl (C=O) groups excluding carboxylic acids is 1. The molecular formula is C25H28ClF2N7O2. The molecule has 3 N–H and O–H groups in total.